The Morgan fingerprint density at radius 1 is 1.07 bits per heavy atom. The maximum atomic E-state index is 12.8. The SMILES string of the molecule is COc1ccc(CCC(=O)C(C)C(NC(=O)O)c2ccc(C(F)(F)F)cc2)cc1. The van der Waals surface area contributed by atoms with E-state index in [9.17, 15) is 22.8 Å². The van der Waals surface area contributed by atoms with Crippen molar-refractivity contribution in [3.63, 3.8) is 0 Å². The van der Waals surface area contributed by atoms with Crippen LogP contribution in [0.25, 0.3) is 0 Å². The van der Waals surface area contributed by atoms with Gasteiger partial charge in [0.2, 0.25) is 0 Å². The molecule has 2 atom stereocenters. The summed E-state index contributed by atoms with van der Waals surface area (Å²) in [4.78, 5) is 23.8. The van der Waals surface area contributed by atoms with Crippen LogP contribution in [0.4, 0.5) is 18.0 Å². The van der Waals surface area contributed by atoms with E-state index in [4.69, 9.17) is 9.84 Å². The predicted octanol–water partition coefficient (Wildman–Crippen LogP) is 4.86. The number of ketones is 1. The summed E-state index contributed by atoms with van der Waals surface area (Å²) in [5.41, 5.74) is 0.378. The van der Waals surface area contributed by atoms with Crippen LogP contribution in [0.2, 0.25) is 0 Å². The van der Waals surface area contributed by atoms with Gasteiger partial charge >= 0.3 is 12.3 Å². The number of amides is 1. The molecule has 0 spiro atoms. The van der Waals surface area contributed by atoms with Crippen LogP contribution in [0, 0.1) is 5.92 Å². The molecule has 0 radical (unpaired) electrons. The molecule has 0 aliphatic heterocycles. The zero-order valence-electron chi connectivity index (χ0n) is 16.0. The minimum absolute atomic E-state index is 0.173. The summed E-state index contributed by atoms with van der Waals surface area (Å²) in [6.45, 7) is 1.56. The molecule has 0 saturated carbocycles. The molecule has 2 unspecified atom stereocenters. The van der Waals surface area contributed by atoms with Gasteiger partial charge in [0.1, 0.15) is 11.5 Å². The minimum atomic E-state index is -4.49. The Bertz CT molecular complexity index is 832. The number of hydrogen-bond acceptors (Lipinski definition) is 3. The van der Waals surface area contributed by atoms with Crippen LogP contribution in [0.3, 0.4) is 0 Å². The maximum absolute atomic E-state index is 12.8. The summed E-state index contributed by atoms with van der Waals surface area (Å²) in [5.74, 6) is -0.248. The highest BCUT2D eigenvalue weighted by atomic mass is 19.4. The first-order chi connectivity index (χ1) is 13.6. The molecule has 0 fully saturated rings. The van der Waals surface area contributed by atoms with E-state index in [1.54, 1.807) is 26.2 Å². The van der Waals surface area contributed by atoms with E-state index in [-0.39, 0.29) is 12.2 Å². The summed E-state index contributed by atoms with van der Waals surface area (Å²) >= 11 is 0. The number of hydrogen-bond donors (Lipinski definition) is 2. The van der Waals surface area contributed by atoms with Crippen LogP contribution in [0.1, 0.15) is 36.1 Å². The summed E-state index contributed by atoms with van der Waals surface area (Å²) in [6.07, 6.45) is -5.22. The highest BCUT2D eigenvalue weighted by Gasteiger charge is 2.31. The molecule has 0 bridgehead atoms. The normalized spacial score (nSPS) is 13.4. The van der Waals surface area contributed by atoms with E-state index in [2.05, 4.69) is 5.32 Å². The first-order valence-corrected chi connectivity index (χ1v) is 8.94. The first-order valence-electron chi connectivity index (χ1n) is 8.94. The Morgan fingerprint density at radius 3 is 2.14 bits per heavy atom. The van der Waals surface area contributed by atoms with E-state index in [0.29, 0.717) is 17.7 Å². The monoisotopic (exact) mass is 409 g/mol. The lowest BCUT2D eigenvalue weighted by Crippen LogP contribution is -2.34. The van der Waals surface area contributed by atoms with Gasteiger partial charge in [-0.15, -0.1) is 0 Å². The predicted molar refractivity (Wildman–Crippen MR) is 101 cm³/mol. The van der Waals surface area contributed by atoms with Crippen molar-refractivity contribution in [3.8, 4) is 5.75 Å². The fraction of sp³-hybridized carbons (Fsp3) is 0.333. The average molecular weight is 409 g/mol. The lowest BCUT2D eigenvalue weighted by atomic mass is 9.88. The maximum Gasteiger partial charge on any atom is 0.416 e. The van der Waals surface area contributed by atoms with Gasteiger partial charge in [0.15, 0.2) is 0 Å². The molecule has 0 aromatic heterocycles. The summed E-state index contributed by atoms with van der Waals surface area (Å²) in [5, 5.41) is 11.3. The van der Waals surface area contributed by atoms with Gasteiger partial charge in [0, 0.05) is 12.3 Å². The van der Waals surface area contributed by atoms with E-state index >= 15 is 0 Å². The molecule has 0 heterocycles. The van der Waals surface area contributed by atoms with Crippen molar-refractivity contribution in [1.29, 1.82) is 0 Å². The molecule has 8 heteroatoms. The number of carbonyl (C=O) groups is 2. The van der Waals surface area contributed by atoms with Gasteiger partial charge in [0.05, 0.1) is 18.7 Å². The lowest BCUT2D eigenvalue weighted by Gasteiger charge is -2.24. The van der Waals surface area contributed by atoms with Gasteiger partial charge < -0.3 is 15.2 Å². The average Bonchev–Trinajstić information content (AvgIpc) is 2.69. The van der Waals surface area contributed by atoms with Gasteiger partial charge in [-0.1, -0.05) is 31.2 Å². The van der Waals surface area contributed by atoms with Crippen molar-refractivity contribution >= 4 is 11.9 Å². The molecule has 0 saturated heterocycles. The molecule has 29 heavy (non-hydrogen) atoms. The van der Waals surface area contributed by atoms with Gasteiger partial charge in [-0.2, -0.15) is 13.2 Å². The minimum Gasteiger partial charge on any atom is -0.497 e. The number of rotatable bonds is 8. The lowest BCUT2D eigenvalue weighted by molar-refractivity contribution is -0.137. The Morgan fingerprint density at radius 2 is 1.66 bits per heavy atom. The van der Waals surface area contributed by atoms with Gasteiger partial charge in [-0.05, 0) is 41.8 Å². The standard InChI is InChI=1S/C21H22F3NO4/c1-13(18(26)12-5-14-3-10-17(29-2)11-4-14)19(25-20(27)28)15-6-8-16(9-7-15)21(22,23)24/h3-4,6-11,13,19,25H,5,12H2,1-2H3,(H,27,28). The van der Waals surface area contributed by atoms with Gasteiger partial charge in [-0.25, -0.2) is 4.79 Å². The second-order valence-electron chi connectivity index (χ2n) is 6.65. The smallest absolute Gasteiger partial charge is 0.416 e. The molecule has 1 amide bonds. The number of carbonyl (C=O) groups excluding carboxylic acids is 1. The zero-order valence-corrected chi connectivity index (χ0v) is 16.0. The Hall–Kier alpha value is -3.03. The molecule has 0 aliphatic rings. The number of nitrogens with one attached hydrogen (secondary N) is 1. The number of Topliss-reactive ketones (excluding diaryl/α,β-unsaturated/α-hetero) is 1. The van der Waals surface area contributed by atoms with Crippen molar-refractivity contribution in [2.24, 2.45) is 5.92 Å². The third-order valence-electron chi connectivity index (χ3n) is 4.70. The number of benzene rings is 2. The number of alkyl halides is 3. The third kappa shape index (κ3) is 6.23. The molecular weight excluding hydrogens is 387 g/mol. The van der Waals surface area contributed by atoms with Crippen LogP contribution in [-0.4, -0.2) is 24.1 Å². The molecule has 2 rings (SSSR count). The van der Waals surface area contributed by atoms with E-state index in [1.165, 1.54) is 12.1 Å². The number of ether oxygens (including phenoxy) is 1. The van der Waals surface area contributed by atoms with Gasteiger partial charge in [0.25, 0.3) is 0 Å². The van der Waals surface area contributed by atoms with Crippen LogP contribution in [0.15, 0.2) is 48.5 Å². The second kappa shape index (κ2) is 9.45. The number of methoxy groups -OCH3 is 1. The number of aryl methyl sites for hydroxylation is 1. The van der Waals surface area contributed by atoms with Crippen LogP contribution >= 0.6 is 0 Å². The first kappa shape index (κ1) is 22.3. The number of halogens is 3. The molecule has 2 N–H and O–H groups in total. The van der Waals surface area contributed by atoms with Crippen molar-refractivity contribution in [3.05, 3.63) is 65.2 Å². The van der Waals surface area contributed by atoms with Crippen LogP contribution in [0.5, 0.6) is 5.75 Å². The largest absolute Gasteiger partial charge is 0.497 e. The van der Waals surface area contributed by atoms with Crippen LogP contribution in [-0.2, 0) is 17.4 Å². The van der Waals surface area contributed by atoms with E-state index in [0.717, 1.165) is 17.7 Å². The van der Waals surface area contributed by atoms with Gasteiger partial charge in [-0.3, -0.25) is 4.79 Å². The Kier molecular flexibility index (Phi) is 7.25. The highest BCUT2D eigenvalue weighted by molar-refractivity contribution is 5.82. The Labute approximate surface area is 166 Å². The molecule has 5 nitrogen and oxygen atoms in total. The quantitative estimate of drug-likeness (QED) is 0.653. The molecule has 156 valence electrons. The van der Waals surface area contributed by atoms with Crippen molar-refractivity contribution in [2.45, 2.75) is 32.0 Å². The molecule has 0 aliphatic carbocycles. The van der Waals surface area contributed by atoms with Crippen molar-refractivity contribution in [1.82, 2.24) is 5.32 Å². The van der Waals surface area contributed by atoms with Crippen LogP contribution < -0.4 is 10.1 Å². The molecule has 2 aromatic rings. The Balaban J connectivity index is 2.11. The van der Waals surface area contributed by atoms with E-state index < -0.39 is 29.8 Å². The van der Waals surface area contributed by atoms with Crippen molar-refractivity contribution in [2.75, 3.05) is 7.11 Å². The molecule has 2 aromatic carbocycles. The van der Waals surface area contributed by atoms with Crippen molar-refractivity contribution < 1.29 is 32.6 Å². The second-order valence-corrected chi connectivity index (χ2v) is 6.65. The van der Waals surface area contributed by atoms with E-state index in [1.807, 2.05) is 12.1 Å². The summed E-state index contributed by atoms with van der Waals surface area (Å²) < 4.78 is 43.3. The molecular formula is C21H22F3NO4. The number of carboxylic acid groups (broad SMARTS) is 1. The zero-order chi connectivity index (χ0) is 21.6. The summed E-state index contributed by atoms with van der Waals surface area (Å²) in [6, 6.07) is 10.4. The summed E-state index contributed by atoms with van der Waals surface area (Å²) in [7, 11) is 1.55. The fourth-order valence-electron chi connectivity index (χ4n) is 2.98. The highest BCUT2D eigenvalue weighted by Crippen LogP contribution is 2.31. The third-order valence-corrected chi connectivity index (χ3v) is 4.70. The fourth-order valence-corrected chi connectivity index (χ4v) is 2.98. The topological polar surface area (TPSA) is 75.6 Å².